The molecule has 154 valence electrons. The number of benzene rings is 1. The molecule has 3 N–H and O–H groups in total. The first-order valence-electron chi connectivity index (χ1n) is 9.18. The van der Waals surface area contributed by atoms with Crippen LogP contribution < -0.4 is 15.8 Å². The highest BCUT2D eigenvalue weighted by molar-refractivity contribution is 5.75. The molecule has 0 aromatic heterocycles. The summed E-state index contributed by atoms with van der Waals surface area (Å²) in [6.07, 6.45) is -1.26. The van der Waals surface area contributed by atoms with Crippen LogP contribution in [0.5, 0.6) is 5.75 Å². The number of ether oxygens (including phenoxy) is 1. The Hall–Kier alpha value is -2.65. The molecule has 0 spiro atoms. The summed E-state index contributed by atoms with van der Waals surface area (Å²) in [5.74, 6) is -0.312. The number of likely N-dealkylation sites (tertiary alicyclic amines) is 1. The maximum atomic E-state index is 12.5. The van der Waals surface area contributed by atoms with Crippen molar-refractivity contribution in [3.8, 4) is 5.75 Å². The number of carbonyl (C=O) groups is 2. The highest BCUT2D eigenvalue weighted by Gasteiger charge is 2.38. The summed E-state index contributed by atoms with van der Waals surface area (Å²) in [5, 5.41) is 2.76. The van der Waals surface area contributed by atoms with Crippen molar-refractivity contribution in [3.05, 3.63) is 29.8 Å². The SMILES string of the molecule is NC(=O)N(C1CC1)[C@@H]1CCCN(C(=O)NCc2ccc(OC(F)(F)F)cc2)C1. The number of amides is 4. The van der Waals surface area contributed by atoms with Gasteiger partial charge < -0.3 is 25.6 Å². The van der Waals surface area contributed by atoms with E-state index in [0.29, 0.717) is 18.7 Å². The zero-order chi connectivity index (χ0) is 20.3. The van der Waals surface area contributed by atoms with Crippen molar-refractivity contribution in [2.75, 3.05) is 13.1 Å². The minimum atomic E-state index is -4.74. The third-order valence-corrected chi connectivity index (χ3v) is 4.87. The predicted octanol–water partition coefficient (Wildman–Crippen LogP) is 2.80. The summed E-state index contributed by atoms with van der Waals surface area (Å²) in [4.78, 5) is 27.5. The number of carbonyl (C=O) groups excluding carboxylic acids is 2. The van der Waals surface area contributed by atoms with Gasteiger partial charge in [-0.1, -0.05) is 12.1 Å². The number of piperidine rings is 1. The van der Waals surface area contributed by atoms with Crippen molar-refractivity contribution in [2.24, 2.45) is 5.73 Å². The number of primary amides is 1. The Bertz CT molecular complexity index is 707. The van der Waals surface area contributed by atoms with Gasteiger partial charge in [0.2, 0.25) is 0 Å². The van der Waals surface area contributed by atoms with Gasteiger partial charge in [-0.25, -0.2) is 9.59 Å². The molecule has 2 fully saturated rings. The number of rotatable bonds is 5. The zero-order valence-electron chi connectivity index (χ0n) is 15.2. The molecule has 1 aromatic rings. The Morgan fingerprint density at radius 3 is 2.43 bits per heavy atom. The van der Waals surface area contributed by atoms with Crippen LogP contribution in [0.2, 0.25) is 0 Å². The molecule has 0 bridgehead atoms. The molecule has 7 nitrogen and oxygen atoms in total. The number of nitrogens with one attached hydrogen (secondary N) is 1. The van der Waals surface area contributed by atoms with Gasteiger partial charge in [-0.2, -0.15) is 0 Å². The Morgan fingerprint density at radius 1 is 1.18 bits per heavy atom. The molecule has 1 saturated heterocycles. The van der Waals surface area contributed by atoms with Crippen molar-refractivity contribution >= 4 is 12.1 Å². The number of halogens is 3. The van der Waals surface area contributed by atoms with Crippen molar-refractivity contribution in [3.63, 3.8) is 0 Å². The first kappa shape index (κ1) is 20.1. The van der Waals surface area contributed by atoms with Crippen LogP contribution in [0.4, 0.5) is 22.8 Å². The van der Waals surface area contributed by atoms with Crippen LogP contribution in [0, 0.1) is 0 Å². The molecule has 1 aromatic carbocycles. The molecule has 10 heteroatoms. The topological polar surface area (TPSA) is 87.9 Å². The summed E-state index contributed by atoms with van der Waals surface area (Å²) >= 11 is 0. The monoisotopic (exact) mass is 400 g/mol. The molecule has 2 aliphatic rings. The lowest BCUT2D eigenvalue weighted by molar-refractivity contribution is -0.274. The Labute approximate surface area is 160 Å². The Morgan fingerprint density at radius 2 is 1.86 bits per heavy atom. The second kappa shape index (κ2) is 8.15. The van der Waals surface area contributed by atoms with Crippen molar-refractivity contribution in [2.45, 2.75) is 50.7 Å². The van der Waals surface area contributed by atoms with Gasteiger partial charge in [0.15, 0.2) is 0 Å². The maximum absolute atomic E-state index is 12.5. The average molecular weight is 400 g/mol. The van der Waals surface area contributed by atoms with Crippen LogP contribution in [0.1, 0.15) is 31.2 Å². The van der Waals surface area contributed by atoms with E-state index in [9.17, 15) is 22.8 Å². The standard InChI is InChI=1S/C18H23F3N4O3/c19-18(20,21)28-15-7-3-12(4-8-15)10-23-17(27)24-9-1-2-14(11-24)25(16(22)26)13-5-6-13/h3-4,7-8,13-14H,1-2,5-6,9-11H2,(H2,22,26)(H,23,27)/t14-/m1/s1. The third-order valence-electron chi connectivity index (χ3n) is 4.87. The lowest BCUT2D eigenvalue weighted by atomic mass is 10.0. The number of urea groups is 2. The normalized spacial score (nSPS) is 19.8. The van der Waals surface area contributed by atoms with Gasteiger partial charge in [0.05, 0.1) is 6.04 Å². The average Bonchev–Trinajstić information content (AvgIpc) is 3.44. The summed E-state index contributed by atoms with van der Waals surface area (Å²) in [5.41, 5.74) is 6.15. The van der Waals surface area contributed by atoms with Gasteiger partial charge in [-0.05, 0) is 43.4 Å². The Balaban J connectivity index is 1.51. The molecule has 0 radical (unpaired) electrons. The molecule has 28 heavy (non-hydrogen) atoms. The van der Waals surface area contributed by atoms with Gasteiger partial charge >= 0.3 is 18.4 Å². The highest BCUT2D eigenvalue weighted by atomic mass is 19.4. The van der Waals surface area contributed by atoms with E-state index in [1.165, 1.54) is 24.3 Å². The smallest absolute Gasteiger partial charge is 0.406 e. The fraction of sp³-hybridized carbons (Fsp3) is 0.556. The number of nitrogens with two attached hydrogens (primary N) is 1. The number of alkyl halides is 3. The molecular weight excluding hydrogens is 377 g/mol. The zero-order valence-corrected chi connectivity index (χ0v) is 15.2. The van der Waals surface area contributed by atoms with Crippen molar-refractivity contribution in [1.82, 2.24) is 15.1 Å². The van der Waals surface area contributed by atoms with Crippen LogP contribution in [0.25, 0.3) is 0 Å². The molecule has 0 unspecified atom stereocenters. The molecule has 1 atom stereocenters. The van der Waals surface area contributed by atoms with E-state index < -0.39 is 12.4 Å². The van der Waals surface area contributed by atoms with Crippen molar-refractivity contribution in [1.29, 1.82) is 0 Å². The molecule has 1 aliphatic carbocycles. The fourth-order valence-electron chi connectivity index (χ4n) is 3.48. The van der Waals surface area contributed by atoms with Gasteiger partial charge in [0.25, 0.3) is 0 Å². The van der Waals surface area contributed by atoms with Crippen LogP contribution in [0.15, 0.2) is 24.3 Å². The first-order valence-corrected chi connectivity index (χ1v) is 9.18. The quantitative estimate of drug-likeness (QED) is 0.797. The second-order valence-electron chi connectivity index (χ2n) is 7.07. The van der Waals surface area contributed by atoms with Crippen LogP contribution in [-0.4, -0.2) is 53.4 Å². The largest absolute Gasteiger partial charge is 0.573 e. The maximum Gasteiger partial charge on any atom is 0.573 e. The van der Waals surface area contributed by atoms with Crippen molar-refractivity contribution < 1.29 is 27.5 Å². The van der Waals surface area contributed by atoms with E-state index in [1.54, 1.807) is 9.80 Å². The van der Waals surface area contributed by atoms with E-state index in [1.807, 2.05) is 0 Å². The molecule has 4 amide bonds. The molecular formula is C18H23F3N4O3. The lowest BCUT2D eigenvalue weighted by Crippen LogP contribution is -2.55. The molecule has 1 aliphatic heterocycles. The minimum absolute atomic E-state index is 0.0803. The van der Waals surface area contributed by atoms with Crippen LogP contribution >= 0.6 is 0 Å². The van der Waals surface area contributed by atoms with Crippen LogP contribution in [-0.2, 0) is 6.54 Å². The number of hydrogen-bond acceptors (Lipinski definition) is 3. The first-order chi connectivity index (χ1) is 13.2. The molecule has 1 saturated carbocycles. The highest BCUT2D eigenvalue weighted by Crippen LogP contribution is 2.31. The minimum Gasteiger partial charge on any atom is -0.406 e. The van der Waals surface area contributed by atoms with E-state index in [-0.39, 0.29) is 30.4 Å². The van der Waals surface area contributed by atoms with E-state index in [4.69, 9.17) is 5.73 Å². The van der Waals surface area contributed by atoms with Gasteiger partial charge in [-0.3, -0.25) is 0 Å². The van der Waals surface area contributed by atoms with Gasteiger partial charge in [0.1, 0.15) is 5.75 Å². The van der Waals surface area contributed by atoms with Crippen LogP contribution in [0.3, 0.4) is 0 Å². The second-order valence-corrected chi connectivity index (χ2v) is 7.07. The van der Waals surface area contributed by atoms with Gasteiger partial charge in [-0.15, -0.1) is 13.2 Å². The molecule has 1 heterocycles. The number of nitrogens with zero attached hydrogens (tertiary/aromatic N) is 2. The predicted molar refractivity (Wildman–Crippen MR) is 94.4 cm³/mol. The summed E-state index contributed by atoms with van der Waals surface area (Å²) in [6, 6.07) is 4.70. The van der Waals surface area contributed by atoms with Gasteiger partial charge in [0, 0.05) is 25.7 Å². The van der Waals surface area contributed by atoms with E-state index in [2.05, 4.69) is 10.1 Å². The Kier molecular flexibility index (Phi) is 5.85. The number of hydrogen-bond donors (Lipinski definition) is 2. The summed E-state index contributed by atoms with van der Waals surface area (Å²) < 4.78 is 40.3. The third kappa shape index (κ3) is 5.43. The summed E-state index contributed by atoms with van der Waals surface area (Å²) in [7, 11) is 0. The lowest BCUT2D eigenvalue weighted by Gasteiger charge is -2.38. The van der Waals surface area contributed by atoms with E-state index in [0.717, 1.165) is 25.7 Å². The fourth-order valence-corrected chi connectivity index (χ4v) is 3.48. The van der Waals surface area contributed by atoms with E-state index >= 15 is 0 Å². The molecule has 3 rings (SSSR count). The summed E-state index contributed by atoms with van der Waals surface area (Å²) in [6.45, 7) is 1.18.